The highest BCUT2D eigenvalue weighted by Gasteiger charge is 2.31. The molecule has 2 amide bonds. The van der Waals surface area contributed by atoms with Crippen molar-refractivity contribution in [1.82, 2.24) is 10.2 Å². The molecule has 96 valence electrons. The first-order chi connectivity index (χ1) is 8.06. The fourth-order valence-electron chi connectivity index (χ4n) is 1.83. The van der Waals surface area contributed by atoms with Crippen LogP contribution < -0.4 is 11.1 Å². The van der Waals surface area contributed by atoms with E-state index in [1.54, 1.807) is 0 Å². The number of carbonyl (C=O) groups excluding carboxylic acids is 2. The van der Waals surface area contributed by atoms with E-state index in [1.165, 1.54) is 4.90 Å². The lowest BCUT2D eigenvalue weighted by Gasteiger charge is -2.32. The predicted molar refractivity (Wildman–Crippen MR) is 59.1 cm³/mol. The molecule has 4 N–H and O–H groups in total. The van der Waals surface area contributed by atoms with E-state index >= 15 is 0 Å². The minimum absolute atomic E-state index is 0.185. The smallest absolute Gasteiger partial charge is 0.326 e. The zero-order valence-corrected chi connectivity index (χ0v) is 9.52. The van der Waals surface area contributed by atoms with Gasteiger partial charge in [0.05, 0.1) is 13.1 Å². The number of carboxylic acids is 1. The van der Waals surface area contributed by atoms with Crippen molar-refractivity contribution in [3.05, 3.63) is 0 Å². The highest BCUT2D eigenvalue weighted by molar-refractivity contribution is 5.88. The van der Waals surface area contributed by atoms with Crippen LogP contribution in [0.4, 0.5) is 0 Å². The lowest BCUT2D eigenvalue weighted by atomic mass is 10.0. The molecule has 0 aromatic heterocycles. The zero-order chi connectivity index (χ0) is 12.8. The summed E-state index contributed by atoms with van der Waals surface area (Å²) in [5, 5.41) is 11.3. The number of nitrogens with one attached hydrogen (secondary N) is 1. The summed E-state index contributed by atoms with van der Waals surface area (Å²) in [4.78, 5) is 34.9. The van der Waals surface area contributed by atoms with Crippen LogP contribution in [-0.2, 0) is 14.4 Å². The summed E-state index contributed by atoms with van der Waals surface area (Å²) in [6, 6.07) is -0.772. The number of nitrogens with zero attached hydrogens (tertiary/aromatic N) is 1. The van der Waals surface area contributed by atoms with E-state index in [9.17, 15) is 14.4 Å². The average Bonchev–Trinajstić information content (AvgIpc) is 2.35. The van der Waals surface area contributed by atoms with Crippen LogP contribution in [0.5, 0.6) is 0 Å². The van der Waals surface area contributed by atoms with Crippen LogP contribution in [0.1, 0.15) is 19.3 Å². The molecule has 1 aliphatic rings. The number of hydrogen-bond donors (Lipinski definition) is 3. The normalized spacial score (nSPS) is 19.8. The zero-order valence-electron chi connectivity index (χ0n) is 9.52. The monoisotopic (exact) mass is 243 g/mol. The summed E-state index contributed by atoms with van der Waals surface area (Å²) in [5.74, 6) is -1.80. The van der Waals surface area contributed by atoms with Crippen molar-refractivity contribution in [3.8, 4) is 0 Å². The van der Waals surface area contributed by atoms with Crippen molar-refractivity contribution in [2.45, 2.75) is 25.3 Å². The largest absolute Gasteiger partial charge is 0.480 e. The van der Waals surface area contributed by atoms with Crippen LogP contribution >= 0.6 is 0 Å². The number of aliphatic carboxylic acids is 1. The lowest BCUT2D eigenvalue weighted by Crippen LogP contribution is -2.51. The van der Waals surface area contributed by atoms with Crippen molar-refractivity contribution in [1.29, 1.82) is 0 Å². The van der Waals surface area contributed by atoms with Crippen LogP contribution in [0.15, 0.2) is 0 Å². The van der Waals surface area contributed by atoms with Crippen LogP contribution in [0.25, 0.3) is 0 Å². The third-order valence-electron chi connectivity index (χ3n) is 2.73. The van der Waals surface area contributed by atoms with Gasteiger partial charge in [-0.15, -0.1) is 0 Å². The van der Waals surface area contributed by atoms with Gasteiger partial charge >= 0.3 is 5.97 Å². The average molecular weight is 243 g/mol. The Balaban J connectivity index is 2.53. The molecule has 17 heavy (non-hydrogen) atoms. The molecule has 7 heteroatoms. The quantitative estimate of drug-likeness (QED) is 0.557. The van der Waals surface area contributed by atoms with Gasteiger partial charge in [-0.1, -0.05) is 0 Å². The van der Waals surface area contributed by atoms with Gasteiger partial charge in [-0.3, -0.25) is 9.59 Å². The highest BCUT2D eigenvalue weighted by atomic mass is 16.4. The lowest BCUT2D eigenvalue weighted by molar-refractivity contribution is -0.151. The van der Waals surface area contributed by atoms with E-state index < -0.39 is 17.9 Å². The Morgan fingerprint density at radius 3 is 2.65 bits per heavy atom. The van der Waals surface area contributed by atoms with Gasteiger partial charge in [0.1, 0.15) is 6.04 Å². The standard InChI is InChI=1S/C10H17N3O4/c11-5-8(14)12-6-9(15)13-4-2-1-3-7(13)10(16)17/h7H,1-6,11H2,(H,12,14)(H,16,17)/t7-/m1/s1. The van der Waals surface area contributed by atoms with E-state index in [0.717, 1.165) is 12.8 Å². The second kappa shape index (κ2) is 6.19. The maximum atomic E-state index is 11.7. The maximum absolute atomic E-state index is 11.7. The molecule has 1 rings (SSSR count). The predicted octanol–water partition coefficient (Wildman–Crippen LogP) is -1.47. The first kappa shape index (κ1) is 13.4. The molecule has 0 aromatic rings. The summed E-state index contributed by atoms with van der Waals surface area (Å²) in [6.45, 7) is 0.0454. The number of amides is 2. The summed E-state index contributed by atoms with van der Waals surface area (Å²) in [7, 11) is 0. The van der Waals surface area contributed by atoms with Gasteiger partial charge in [-0.05, 0) is 19.3 Å². The Morgan fingerprint density at radius 2 is 2.06 bits per heavy atom. The molecule has 0 aromatic carbocycles. The second-order valence-electron chi connectivity index (χ2n) is 3.92. The number of nitrogens with two attached hydrogens (primary N) is 1. The van der Waals surface area contributed by atoms with Crippen LogP contribution in [0.3, 0.4) is 0 Å². The molecule has 0 spiro atoms. The minimum Gasteiger partial charge on any atom is -0.480 e. The van der Waals surface area contributed by atoms with Crippen LogP contribution in [0.2, 0.25) is 0 Å². The van der Waals surface area contributed by atoms with Crippen LogP contribution in [0, 0.1) is 0 Å². The summed E-state index contributed by atoms with van der Waals surface area (Å²) >= 11 is 0. The second-order valence-corrected chi connectivity index (χ2v) is 3.92. The SMILES string of the molecule is NCC(=O)NCC(=O)N1CCCC[C@@H]1C(=O)O. The molecule has 1 atom stereocenters. The number of likely N-dealkylation sites (tertiary alicyclic amines) is 1. The Bertz CT molecular complexity index is 319. The molecule has 1 fully saturated rings. The Kier molecular flexibility index (Phi) is 4.89. The van der Waals surface area contributed by atoms with Gasteiger partial charge in [-0.25, -0.2) is 4.79 Å². The third-order valence-corrected chi connectivity index (χ3v) is 2.73. The van der Waals surface area contributed by atoms with Crippen LogP contribution in [-0.4, -0.2) is 53.5 Å². The van der Waals surface area contributed by atoms with Gasteiger partial charge in [0.15, 0.2) is 0 Å². The summed E-state index contributed by atoms with van der Waals surface area (Å²) in [6.07, 6.45) is 2.06. The molecule has 1 saturated heterocycles. The highest BCUT2D eigenvalue weighted by Crippen LogP contribution is 2.17. The van der Waals surface area contributed by atoms with Crippen molar-refractivity contribution in [3.63, 3.8) is 0 Å². The molecule has 0 saturated carbocycles. The molecule has 1 aliphatic heterocycles. The van der Waals surface area contributed by atoms with Gasteiger partial charge in [-0.2, -0.15) is 0 Å². The molecule has 0 unspecified atom stereocenters. The van der Waals surface area contributed by atoms with E-state index in [-0.39, 0.29) is 19.0 Å². The van der Waals surface area contributed by atoms with Crippen molar-refractivity contribution < 1.29 is 19.5 Å². The Hall–Kier alpha value is -1.63. The van der Waals surface area contributed by atoms with E-state index in [1.807, 2.05) is 0 Å². The third kappa shape index (κ3) is 3.70. The number of rotatable bonds is 4. The first-order valence-electron chi connectivity index (χ1n) is 5.55. The summed E-state index contributed by atoms with van der Waals surface area (Å²) in [5.41, 5.74) is 5.08. The number of piperidine rings is 1. The van der Waals surface area contributed by atoms with Gasteiger partial charge in [0.25, 0.3) is 0 Å². The van der Waals surface area contributed by atoms with Gasteiger partial charge in [0, 0.05) is 6.54 Å². The maximum Gasteiger partial charge on any atom is 0.326 e. The summed E-state index contributed by atoms with van der Waals surface area (Å²) < 4.78 is 0. The van der Waals surface area contributed by atoms with Gasteiger partial charge < -0.3 is 21.1 Å². The fraction of sp³-hybridized carbons (Fsp3) is 0.700. The molecule has 0 aliphatic carbocycles. The topological polar surface area (TPSA) is 113 Å². The molecule has 0 radical (unpaired) electrons. The molecular weight excluding hydrogens is 226 g/mol. The number of carbonyl (C=O) groups is 3. The molecular formula is C10H17N3O4. The fourth-order valence-corrected chi connectivity index (χ4v) is 1.83. The Morgan fingerprint density at radius 1 is 1.35 bits per heavy atom. The van der Waals surface area contributed by atoms with E-state index in [0.29, 0.717) is 13.0 Å². The first-order valence-corrected chi connectivity index (χ1v) is 5.55. The van der Waals surface area contributed by atoms with E-state index in [2.05, 4.69) is 5.32 Å². The van der Waals surface area contributed by atoms with Gasteiger partial charge in [0.2, 0.25) is 11.8 Å². The van der Waals surface area contributed by atoms with E-state index in [4.69, 9.17) is 10.8 Å². The molecule has 7 nitrogen and oxygen atoms in total. The Labute approximate surface area is 98.9 Å². The molecule has 1 heterocycles. The minimum atomic E-state index is -0.997. The van der Waals surface area contributed by atoms with Crippen molar-refractivity contribution in [2.24, 2.45) is 5.73 Å². The number of hydrogen-bond acceptors (Lipinski definition) is 4. The van der Waals surface area contributed by atoms with Crippen molar-refractivity contribution in [2.75, 3.05) is 19.6 Å². The molecule has 0 bridgehead atoms. The number of carboxylic acid groups (broad SMARTS) is 1. The van der Waals surface area contributed by atoms with Crippen molar-refractivity contribution >= 4 is 17.8 Å².